The Labute approximate surface area is 115 Å². The Morgan fingerprint density at radius 2 is 1.90 bits per heavy atom. The Hall–Kier alpha value is -2.36. The fraction of sp³-hybridized carbons (Fsp3) is 0.300. The van der Waals surface area contributed by atoms with Crippen LogP contribution in [0.25, 0.3) is 0 Å². The van der Waals surface area contributed by atoms with Crippen LogP contribution in [0.4, 0.5) is 11.4 Å². The van der Waals surface area contributed by atoms with E-state index in [9.17, 15) is 29.2 Å². The van der Waals surface area contributed by atoms with Crippen molar-refractivity contribution in [1.82, 2.24) is 0 Å². The van der Waals surface area contributed by atoms with Crippen LogP contribution < -0.4 is 0 Å². The lowest BCUT2D eigenvalue weighted by Crippen LogP contribution is -2.08. The van der Waals surface area contributed by atoms with Crippen molar-refractivity contribution in [1.29, 1.82) is 0 Å². The highest BCUT2D eigenvalue weighted by Crippen LogP contribution is 2.25. The second-order valence-electron chi connectivity index (χ2n) is 3.76. The highest BCUT2D eigenvalue weighted by molar-refractivity contribution is 7.84. The first-order chi connectivity index (χ1) is 9.31. The summed E-state index contributed by atoms with van der Waals surface area (Å²) in [7, 11) is -1.59. The molecule has 1 aromatic carbocycles. The van der Waals surface area contributed by atoms with E-state index in [0.717, 1.165) is 18.2 Å². The molecule has 0 aliphatic rings. The minimum absolute atomic E-state index is 0.0734. The first-order valence-corrected chi connectivity index (χ1v) is 6.78. The maximum Gasteiger partial charge on any atom is 0.304 e. The molecule has 0 heterocycles. The monoisotopic (exact) mass is 302 g/mol. The Balaban J connectivity index is 2.94. The molecule has 0 radical (unpaired) electrons. The third-order valence-electron chi connectivity index (χ3n) is 2.34. The molecule has 0 aliphatic carbocycles. The summed E-state index contributed by atoms with van der Waals surface area (Å²) < 4.78 is 11.6. The molecule has 0 saturated heterocycles. The van der Waals surface area contributed by atoms with Gasteiger partial charge in [0.05, 0.1) is 28.1 Å². The summed E-state index contributed by atoms with van der Waals surface area (Å²) >= 11 is 0. The van der Waals surface area contributed by atoms with Gasteiger partial charge in [0, 0.05) is 28.2 Å². The van der Waals surface area contributed by atoms with Gasteiger partial charge in [-0.15, -0.1) is 0 Å². The standard InChI is InChI=1S/C10H10N2O7S/c13-10(14)3-4-20(19)6-7-1-2-8(11(15)16)5-9(7)12(17)18/h1-2,5H,3-4,6H2,(H,13,14). The molecular formula is C10H10N2O7S. The molecule has 1 unspecified atom stereocenters. The van der Waals surface area contributed by atoms with E-state index in [2.05, 4.69) is 0 Å². The summed E-state index contributed by atoms with van der Waals surface area (Å²) in [5.41, 5.74) is -0.857. The summed E-state index contributed by atoms with van der Waals surface area (Å²) in [5, 5.41) is 29.8. The van der Waals surface area contributed by atoms with Gasteiger partial charge in [-0.3, -0.25) is 29.2 Å². The lowest BCUT2D eigenvalue weighted by Gasteiger charge is -2.03. The van der Waals surface area contributed by atoms with E-state index in [1.807, 2.05) is 0 Å². The molecule has 0 aliphatic heterocycles. The average molecular weight is 302 g/mol. The van der Waals surface area contributed by atoms with Crippen LogP contribution in [0.15, 0.2) is 18.2 Å². The Bertz CT molecular complexity index is 587. The van der Waals surface area contributed by atoms with E-state index in [0.29, 0.717) is 0 Å². The number of non-ortho nitro benzene ring substituents is 1. The molecule has 1 atom stereocenters. The summed E-state index contributed by atoms with van der Waals surface area (Å²) in [6.07, 6.45) is -0.312. The first kappa shape index (κ1) is 15.7. The van der Waals surface area contributed by atoms with Crippen molar-refractivity contribution < 1.29 is 24.0 Å². The van der Waals surface area contributed by atoms with Crippen LogP contribution in [0.2, 0.25) is 0 Å². The lowest BCUT2D eigenvalue weighted by atomic mass is 10.2. The number of carboxylic acid groups (broad SMARTS) is 1. The van der Waals surface area contributed by atoms with Crippen LogP contribution in [-0.2, 0) is 21.3 Å². The number of rotatable bonds is 7. The van der Waals surface area contributed by atoms with Crippen LogP contribution in [0.5, 0.6) is 0 Å². The van der Waals surface area contributed by atoms with Crippen LogP contribution in [0, 0.1) is 20.2 Å². The van der Waals surface area contributed by atoms with Crippen molar-refractivity contribution in [2.24, 2.45) is 0 Å². The molecule has 1 N–H and O–H groups in total. The van der Waals surface area contributed by atoms with Gasteiger partial charge in [-0.1, -0.05) is 0 Å². The summed E-state index contributed by atoms with van der Waals surface area (Å²) in [6, 6.07) is 3.04. The highest BCUT2D eigenvalue weighted by atomic mass is 32.2. The number of nitro benzene ring substituents is 2. The maximum atomic E-state index is 11.6. The van der Waals surface area contributed by atoms with Gasteiger partial charge in [0.15, 0.2) is 0 Å². The summed E-state index contributed by atoms with van der Waals surface area (Å²) in [6.45, 7) is 0. The molecular weight excluding hydrogens is 292 g/mol. The van der Waals surface area contributed by atoms with Crippen molar-refractivity contribution in [3.63, 3.8) is 0 Å². The molecule has 20 heavy (non-hydrogen) atoms. The van der Waals surface area contributed by atoms with Gasteiger partial charge in [-0.05, 0) is 6.07 Å². The Morgan fingerprint density at radius 3 is 2.40 bits per heavy atom. The van der Waals surface area contributed by atoms with Crippen LogP contribution in [0.1, 0.15) is 12.0 Å². The number of nitrogens with zero attached hydrogens (tertiary/aromatic N) is 2. The highest BCUT2D eigenvalue weighted by Gasteiger charge is 2.20. The largest absolute Gasteiger partial charge is 0.481 e. The molecule has 9 nitrogen and oxygen atoms in total. The van der Waals surface area contributed by atoms with Gasteiger partial charge in [0.25, 0.3) is 11.4 Å². The quantitative estimate of drug-likeness (QED) is 0.589. The topological polar surface area (TPSA) is 141 Å². The minimum Gasteiger partial charge on any atom is -0.481 e. The van der Waals surface area contributed by atoms with Crippen LogP contribution in [-0.4, -0.2) is 30.9 Å². The van der Waals surface area contributed by atoms with Crippen LogP contribution >= 0.6 is 0 Å². The fourth-order valence-corrected chi connectivity index (χ4v) is 2.54. The normalized spacial score (nSPS) is 11.8. The van der Waals surface area contributed by atoms with Gasteiger partial charge in [0.1, 0.15) is 0 Å². The third kappa shape index (κ3) is 4.39. The van der Waals surface area contributed by atoms with Crippen molar-refractivity contribution in [2.75, 3.05) is 5.75 Å². The molecule has 10 heteroatoms. The molecule has 1 rings (SSSR count). The third-order valence-corrected chi connectivity index (χ3v) is 3.63. The van der Waals surface area contributed by atoms with Gasteiger partial charge in [-0.2, -0.15) is 0 Å². The summed E-state index contributed by atoms with van der Waals surface area (Å²) in [4.78, 5) is 30.2. The maximum absolute atomic E-state index is 11.6. The van der Waals surface area contributed by atoms with E-state index in [1.54, 1.807) is 0 Å². The Morgan fingerprint density at radius 1 is 1.25 bits per heavy atom. The fourth-order valence-electron chi connectivity index (χ4n) is 1.40. The van der Waals surface area contributed by atoms with E-state index in [-0.39, 0.29) is 23.5 Å². The number of carbonyl (C=O) groups is 1. The number of hydrogen-bond acceptors (Lipinski definition) is 6. The number of benzene rings is 1. The molecule has 0 saturated carbocycles. The number of aliphatic carboxylic acids is 1. The SMILES string of the molecule is O=C(O)CCS(=O)Cc1ccc([N+](=O)[O-])cc1[N+](=O)[O-]. The van der Waals surface area contributed by atoms with Crippen molar-refractivity contribution in [3.05, 3.63) is 44.0 Å². The Kier molecular flexibility index (Phi) is 5.26. The van der Waals surface area contributed by atoms with Crippen molar-refractivity contribution in [3.8, 4) is 0 Å². The second-order valence-corrected chi connectivity index (χ2v) is 5.34. The predicted octanol–water partition coefficient (Wildman–Crippen LogP) is 1.23. The minimum atomic E-state index is -1.59. The van der Waals surface area contributed by atoms with E-state index in [4.69, 9.17) is 5.11 Å². The number of nitro groups is 2. The zero-order valence-electron chi connectivity index (χ0n) is 10.1. The van der Waals surface area contributed by atoms with Gasteiger partial charge >= 0.3 is 5.97 Å². The van der Waals surface area contributed by atoms with E-state index < -0.39 is 38.0 Å². The van der Waals surface area contributed by atoms with Gasteiger partial charge in [0.2, 0.25) is 0 Å². The molecule has 0 bridgehead atoms. The number of hydrogen-bond donors (Lipinski definition) is 1. The molecule has 0 amide bonds. The zero-order valence-corrected chi connectivity index (χ0v) is 10.9. The smallest absolute Gasteiger partial charge is 0.304 e. The average Bonchev–Trinajstić information content (AvgIpc) is 2.36. The lowest BCUT2D eigenvalue weighted by molar-refractivity contribution is -0.394. The van der Waals surface area contributed by atoms with E-state index >= 15 is 0 Å². The van der Waals surface area contributed by atoms with Gasteiger partial charge < -0.3 is 5.11 Å². The predicted molar refractivity (Wildman–Crippen MR) is 68.7 cm³/mol. The van der Waals surface area contributed by atoms with Crippen LogP contribution in [0.3, 0.4) is 0 Å². The van der Waals surface area contributed by atoms with E-state index in [1.165, 1.54) is 0 Å². The zero-order chi connectivity index (χ0) is 15.3. The second kappa shape index (κ2) is 6.70. The molecule has 0 fully saturated rings. The van der Waals surface area contributed by atoms with Crippen molar-refractivity contribution >= 4 is 28.1 Å². The molecule has 0 aromatic heterocycles. The first-order valence-electron chi connectivity index (χ1n) is 5.29. The molecule has 108 valence electrons. The van der Waals surface area contributed by atoms with Crippen molar-refractivity contribution in [2.45, 2.75) is 12.2 Å². The summed E-state index contributed by atoms with van der Waals surface area (Å²) in [5.74, 6) is -1.47. The van der Waals surface area contributed by atoms with Gasteiger partial charge in [-0.25, -0.2) is 0 Å². The molecule has 1 aromatic rings. The number of carboxylic acids is 1. The molecule has 0 spiro atoms.